The van der Waals surface area contributed by atoms with Crippen molar-refractivity contribution in [2.45, 2.75) is 33.1 Å². The Labute approximate surface area is 388 Å². The Balaban J connectivity index is 0.00000238. The minimum Gasteiger partial charge on any atom is -0.309 e. The van der Waals surface area contributed by atoms with Crippen LogP contribution in [0.5, 0.6) is 0 Å². The molecule has 11 aromatic rings. The lowest BCUT2D eigenvalue weighted by Crippen LogP contribution is -2.16. The molecule has 0 aliphatic heterocycles. The number of hydrogen-bond donors (Lipinski definition) is 0. The summed E-state index contributed by atoms with van der Waals surface area (Å²) in [5.41, 5.74) is 23.4. The van der Waals surface area contributed by atoms with E-state index in [1.54, 1.807) is 0 Å². The molecule has 10 aromatic carbocycles. The molecule has 0 saturated heterocycles. The maximum Gasteiger partial charge on any atom is 0.0632 e. The van der Waals surface area contributed by atoms with Crippen molar-refractivity contribution < 1.29 is 0 Å². The van der Waals surface area contributed by atoms with Gasteiger partial charge in [-0.3, -0.25) is 0 Å². The van der Waals surface area contributed by atoms with Gasteiger partial charge in [0.1, 0.15) is 0 Å². The smallest absolute Gasteiger partial charge is 0.0632 e. The van der Waals surface area contributed by atoms with Crippen LogP contribution in [0.4, 0.5) is 0 Å². The van der Waals surface area contributed by atoms with Crippen LogP contribution in [0.3, 0.4) is 0 Å². The molecule has 1 aliphatic rings. The first kappa shape index (κ1) is 40.8. The molecule has 1 nitrogen and oxygen atoms in total. The molecule has 0 N–H and O–H groups in total. The third-order valence-corrected chi connectivity index (χ3v) is 13.6. The summed E-state index contributed by atoms with van der Waals surface area (Å²) in [5, 5.41) is 2.45. The number of aromatic nitrogens is 1. The zero-order valence-electron chi connectivity index (χ0n) is 38.0. The highest BCUT2D eigenvalue weighted by Crippen LogP contribution is 2.55. The molecule has 12 rings (SSSR count). The van der Waals surface area contributed by atoms with Gasteiger partial charge < -0.3 is 4.57 Å². The van der Waals surface area contributed by atoms with Gasteiger partial charge in [0.25, 0.3) is 0 Å². The van der Waals surface area contributed by atoms with Crippen LogP contribution in [0.15, 0.2) is 237 Å². The van der Waals surface area contributed by atoms with Gasteiger partial charge >= 0.3 is 0 Å². The highest BCUT2D eigenvalue weighted by atomic mass is 15.0. The second-order valence-corrected chi connectivity index (χ2v) is 17.6. The normalized spacial score (nSPS) is 12.4. The first-order valence-corrected chi connectivity index (χ1v) is 23.4. The van der Waals surface area contributed by atoms with Crippen molar-refractivity contribution in [1.82, 2.24) is 4.57 Å². The monoisotopic (exact) mass is 845 g/mol. The van der Waals surface area contributed by atoms with Crippen LogP contribution >= 0.6 is 0 Å². The summed E-state index contributed by atoms with van der Waals surface area (Å²) >= 11 is 0. The number of hydrogen-bond acceptors (Lipinski definition) is 0. The minimum atomic E-state index is -0.113. The van der Waals surface area contributed by atoms with E-state index in [1.165, 1.54) is 111 Å². The molecule has 316 valence electrons. The van der Waals surface area contributed by atoms with E-state index in [9.17, 15) is 0 Å². The van der Waals surface area contributed by atoms with Gasteiger partial charge in [0.05, 0.1) is 11.0 Å². The Morgan fingerprint density at radius 2 is 0.773 bits per heavy atom. The zero-order chi connectivity index (χ0) is 44.8. The quantitative estimate of drug-likeness (QED) is 0.151. The van der Waals surface area contributed by atoms with Crippen LogP contribution in [0.1, 0.15) is 38.8 Å². The van der Waals surface area contributed by atoms with Crippen molar-refractivity contribution in [3.63, 3.8) is 0 Å². The van der Waals surface area contributed by atoms with Crippen LogP contribution in [-0.4, -0.2) is 4.57 Å². The van der Waals surface area contributed by atoms with E-state index in [4.69, 9.17) is 0 Å². The molecule has 1 aromatic heterocycles. The fourth-order valence-electron chi connectivity index (χ4n) is 10.8. The summed E-state index contributed by atoms with van der Waals surface area (Å²) in [6.45, 7) is 8.75. The lowest BCUT2D eigenvalue weighted by molar-refractivity contribution is 0.662. The van der Waals surface area contributed by atoms with E-state index in [1.807, 2.05) is 13.8 Å². The molecule has 0 fully saturated rings. The van der Waals surface area contributed by atoms with Crippen molar-refractivity contribution >= 4 is 21.8 Å². The highest BCUT2D eigenvalue weighted by molar-refractivity contribution is 6.26. The first-order valence-electron chi connectivity index (χ1n) is 23.4. The van der Waals surface area contributed by atoms with Crippen molar-refractivity contribution in [3.8, 4) is 83.6 Å². The maximum atomic E-state index is 2.54. The van der Waals surface area contributed by atoms with Gasteiger partial charge in [-0.2, -0.15) is 0 Å². The number of benzene rings is 10. The van der Waals surface area contributed by atoms with Crippen molar-refractivity contribution in [3.05, 3.63) is 248 Å². The van der Waals surface area contributed by atoms with Crippen LogP contribution < -0.4 is 0 Å². The molecule has 66 heavy (non-hydrogen) atoms. The second kappa shape index (κ2) is 16.8. The Morgan fingerprint density at radius 1 is 0.333 bits per heavy atom. The van der Waals surface area contributed by atoms with Gasteiger partial charge in [0.15, 0.2) is 0 Å². The number of para-hydroxylation sites is 1. The lowest BCUT2D eigenvalue weighted by atomic mass is 9.78. The molecule has 0 bridgehead atoms. The van der Waals surface area contributed by atoms with Gasteiger partial charge in [0, 0.05) is 38.6 Å². The van der Waals surface area contributed by atoms with Gasteiger partial charge in [-0.15, -0.1) is 0 Å². The van der Waals surface area contributed by atoms with Crippen LogP contribution in [-0.2, 0) is 5.41 Å². The highest BCUT2D eigenvalue weighted by Gasteiger charge is 2.37. The molecule has 1 heteroatoms. The third-order valence-electron chi connectivity index (χ3n) is 13.6. The Bertz CT molecular complexity index is 3530. The lowest BCUT2D eigenvalue weighted by Gasteiger charge is -2.24. The molecule has 0 unspecified atom stereocenters. The summed E-state index contributed by atoms with van der Waals surface area (Å²) in [6, 6.07) is 87.1. The van der Waals surface area contributed by atoms with Crippen molar-refractivity contribution in [2.75, 3.05) is 0 Å². The second-order valence-electron chi connectivity index (χ2n) is 17.6. The van der Waals surface area contributed by atoms with Gasteiger partial charge in [-0.05, 0) is 96.6 Å². The predicted molar refractivity (Wildman–Crippen MR) is 282 cm³/mol. The maximum absolute atomic E-state index is 2.54. The zero-order valence-corrected chi connectivity index (χ0v) is 38.0. The molecule has 1 heterocycles. The number of rotatable bonds is 7. The molecule has 0 radical (unpaired) electrons. The average Bonchev–Trinajstić information content (AvgIpc) is 3.85. The summed E-state index contributed by atoms with van der Waals surface area (Å²) in [7, 11) is 0. The standard InChI is InChI=1S/C63H45N.C2H6/c1-63(2)54-37-19-18-34-51(54)52-36-21-35-50(61(52)63)48-31-20-30-46(40-48)47-38-39-53-55(41-47)64(49-32-16-7-17-33-49)62-59(45-28-14-6-15-29-45)57(43-24-10-4-11-25-43)56(42-22-8-3-9-23-42)58(60(53)62)44-26-12-5-13-27-44;1-2/h3-41H,1-2H3;1-2H3. The Kier molecular flexibility index (Phi) is 10.4. The molecule has 0 atom stereocenters. The van der Waals surface area contributed by atoms with E-state index >= 15 is 0 Å². The summed E-state index contributed by atoms with van der Waals surface area (Å²) in [4.78, 5) is 0. The summed E-state index contributed by atoms with van der Waals surface area (Å²) in [6.07, 6.45) is 0. The van der Waals surface area contributed by atoms with Crippen LogP contribution in [0.25, 0.3) is 105 Å². The predicted octanol–water partition coefficient (Wildman–Crippen LogP) is 18.1. The fourth-order valence-corrected chi connectivity index (χ4v) is 10.8. The van der Waals surface area contributed by atoms with Gasteiger partial charge in [0.2, 0.25) is 0 Å². The number of fused-ring (bicyclic) bond motifs is 6. The number of nitrogens with zero attached hydrogens (tertiary/aromatic N) is 1. The Hall–Kier alpha value is -8.00. The third kappa shape index (κ3) is 6.62. The molecular weight excluding hydrogens is 795 g/mol. The van der Waals surface area contributed by atoms with E-state index in [0.717, 1.165) is 5.69 Å². The molecule has 1 aliphatic carbocycles. The fraction of sp³-hybridized carbons (Fsp3) is 0.0769. The molecule has 0 saturated carbocycles. The van der Waals surface area contributed by atoms with Gasteiger partial charge in [-0.25, -0.2) is 0 Å². The van der Waals surface area contributed by atoms with Crippen LogP contribution in [0, 0.1) is 0 Å². The molecule has 0 spiro atoms. The van der Waals surface area contributed by atoms with Crippen molar-refractivity contribution in [2.24, 2.45) is 0 Å². The van der Waals surface area contributed by atoms with E-state index < -0.39 is 0 Å². The topological polar surface area (TPSA) is 4.93 Å². The molecular formula is C65H51N. The Morgan fingerprint density at radius 3 is 1.39 bits per heavy atom. The summed E-state index contributed by atoms with van der Waals surface area (Å²) < 4.78 is 2.54. The SMILES string of the molecule is CC.CC1(C)c2ccccc2-c2cccc(-c3cccc(-c4ccc5c6c(-c7ccccc7)c(-c7ccccc7)c(-c7ccccc7)c(-c7ccccc7)c6n(-c6ccccc6)c5c4)c3)c21. The average molecular weight is 846 g/mol. The molecule has 0 amide bonds. The van der Waals surface area contributed by atoms with Crippen molar-refractivity contribution in [1.29, 1.82) is 0 Å². The minimum absolute atomic E-state index is 0.113. The van der Waals surface area contributed by atoms with Gasteiger partial charge in [-0.1, -0.05) is 240 Å². The van der Waals surface area contributed by atoms with E-state index in [2.05, 4.69) is 255 Å². The largest absolute Gasteiger partial charge is 0.309 e. The summed E-state index contributed by atoms with van der Waals surface area (Å²) in [5.74, 6) is 0. The first-order chi connectivity index (χ1) is 32.6. The van der Waals surface area contributed by atoms with E-state index in [-0.39, 0.29) is 5.41 Å². The van der Waals surface area contributed by atoms with Crippen LogP contribution in [0.2, 0.25) is 0 Å². The van der Waals surface area contributed by atoms with E-state index in [0.29, 0.717) is 0 Å².